The number of carbonyl (C=O) groups excluding carboxylic acids is 2. The molecular weight excluding hydrogens is 574 g/mol. The van der Waals surface area contributed by atoms with E-state index in [9.17, 15) is 14.7 Å². The standard InChI is InChI=1S/C30H41N5O7S/c1-7-39-26(40-8-2)15-41-25-12-24(42-34-25)27(17(3)4)30(38)35-14-21(36)11-23(35)29(37)33-18(5)20-9-10-22(31-13-20)28-19(6)32-16-43-28/h9-10,12-13,16-18,21,23,26-27,36H,7-8,11,14-15H2,1-6H3,(H,33,37)/t18?,21-,23+,27?/m1/s1. The van der Waals surface area contributed by atoms with E-state index in [0.29, 0.717) is 19.0 Å². The van der Waals surface area contributed by atoms with Crippen LogP contribution in [-0.4, -0.2) is 81.7 Å². The second-order valence-corrected chi connectivity index (χ2v) is 11.7. The predicted molar refractivity (Wildman–Crippen MR) is 159 cm³/mol. The number of hydrogen-bond acceptors (Lipinski definition) is 11. The molecule has 234 valence electrons. The molecule has 12 nitrogen and oxygen atoms in total. The lowest BCUT2D eigenvalue weighted by Crippen LogP contribution is -2.48. The molecule has 43 heavy (non-hydrogen) atoms. The van der Waals surface area contributed by atoms with Crippen molar-refractivity contribution in [3.8, 4) is 16.5 Å². The van der Waals surface area contributed by atoms with Crippen LogP contribution in [0.2, 0.25) is 0 Å². The van der Waals surface area contributed by atoms with Gasteiger partial charge in [0.1, 0.15) is 18.6 Å². The Bertz CT molecular complexity index is 1340. The van der Waals surface area contributed by atoms with E-state index in [1.165, 1.54) is 16.2 Å². The highest BCUT2D eigenvalue weighted by Gasteiger charge is 2.43. The van der Waals surface area contributed by atoms with Crippen LogP contribution in [-0.2, 0) is 19.1 Å². The predicted octanol–water partition coefficient (Wildman–Crippen LogP) is 3.86. The van der Waals surface area contributed by atoms with Crippen molar-refractivity contribution in [1.29, 1.82) is 0 Å². The molecule has 2 amide bonds. The third-order valence-corrected chi connectivity index (χ3v) is 8.26. The second kappa shape index (κ2) is 14.9. The van der Waals surface area contributed by atoms with Crippen molar-refractivity contribution in [2.45, 2.75) is 78.4 Å². The number of nitrogens with zero attached hydrogens (tertiary/aromatic N) is 4. The van der Waals surface area contributed by atoms with Crippen LogP contribution in [0.15, 0.2) is 34.4 Å². The minimum Gasteiger partial charge on any atom is -0.470 e. The largest absolute Gasteiger partial charge is 0.470 e. The van der Waals surface area contributed by atoms with Crippen molar-refractivity contribution >= 4 is 23.2 Å². The van der Waals surface area contributed by atoms with Gasteiger partial charge in [-0.05, 0) is 50.4 Å². The number of aromatic nitrogens is 3. The van der Waals surface area contributed by atoms with Gasteiger partial charge in [-0.3, -0.25) is 14.6 Å². The fourth-order valence-corrected chi connectivity index (χ4v) is 5.89. The normalized spacial score (nSPS) is 18.3. The molecule has 3 aromatic rings. The van der Waals surface area contributed by atoms with E-state index in [2.05, 4.69) is 20.4 Å². The third kappa shape index (κ3) is 7.96. The summed E-state index contributed by atoms with van der Waals surface area (Å²) in [6.45, 7) is 12.4. The van der Waals surface area contributed by atoms with E-state index in [-0.39, 0.29) is 49.2 Å². The van der Waals surface area contributed by atoms with Crippen molar-refractivity contribution in [3.63, 3.8) is 0 Å². The number of ether oxygens (including phenoxy) is 3. The number of amides is 2. The lowest BCUT2D eigenvalue weighted by Gasteiger charge is -2.29. The minimum absolute atomic E-state index is 0.0425. The summed E-state index contributed by atoms with van der Waals surface area (Å²) < 4.78 is 22.2. The SMILES string of the molecule is CCOC(COc1cc(C(C(=O)N2C[C@H](O)C[C@H]2C(=O)NC(C)c2ccc(-c3scnc3C)nc2)C(C)C)on1)OCC. The molecule has 4 rings (SSSR count). The monoisotopic (exact) mass is 615 g/mol. The molecule has 0 aromatic carbocycles. The third-order valence-electron chi connectivity index (χ3n) is 7.31. The van der Waals surface area contributed by atoms with Gasteiger partial charge in [-0.15, -0.1) is 11.3 Å². The number of nitrogens with one attached hydrogen (secondary N) is 1. The number of hydrogen-bond donors (Lipinski definition) is 2. The fraction of sp³-hybridized carbons (Fsp3) is 0.567. The second-order valence-electron chi connectivity index (χ2n) is 10.8. The molecule has 0 aliphatic carbocycles. The maximum atomic E-state index is 13.9. The molecule has 2 N–H and O–H groups in total. The summed E-state index contributed by atoms with van der Waals surface area (Å²) in [5.41, 5.74) is 4.34. The summed E-state index contributed by atoms with van der Waals surface area (Å²) in [7, 11) is 0. The topological polar surface area (TPSA) is 149 Å². The number of pyridine rings is 1. The van der Waals surface area contributed by atoms with Crippen molar-refractivity contribution in [2.75, 3.05) is 26.4 Å². The zero-order valence-electron chi connectivity index (χ0n) is 25.5. The summed E-state index contributed by atoms with van der Waals surface area (Å²) in [6.07, 6.45) is 0.489. The Hall–Kier alpha value is -3.39. The number of aryl methyl sites for hydroxylation is 1. The molecule has 1 aliphatic heterocycles. The number of aliphatic hydroxyl groups excluding tert-OH is 1. The summed E-state index contributed by atoms with van der Waals surface area (Å²) in [4.78, 5) is 38.6. The average molecular weight is 616 g/mol. The van der Waals surface area contributed by atoms with Crippen LogP contribution in [0.3, 0.4) is 0 Å². The molecule has 1 aliphatic rings. The van der Waals surface area contributed by atoms with Gasteiger partial charge in [0.05, 0.1) is 33.9 Å². The highest BCUT2D eigenvalue weighted by Crippen LogP contribution is 2.33. The molecule has 0 radical (unpaired) electrons. The molecule has 0 bridgehead atoms. The number of likely N-dealkylation sites (tertiary alicyclic amines) is 1. The first kappa shape index (κ1) is 32.5. The molecule has 13 heteroatoms. The minimum atomic E-state index is -0.838. The fourth-order valence-electron chi connectivity index (χ4n) is 5.11. The van der Waals surface area contributed by atoms with E-state index >= 15 is 0 Å². The number of β-amino-alcohol motifs (C(OH)–C–C–N with tert-alkyl or cyclic N) is 1. The van der Waals surface area contributed by atoms with Gasteiger partial charge in [-0.2, -0.15) is 0 Å². The number of carbonyl (C=O) groups is 2. The quantitative estimate of drug-likeness (QED) is 0.256. The van der Waals surface area contributed by atoms with E-state index in [0.717, 1.165) is 21.8 Å². The van der Waals surface area contributed by atoms with Crippen molar-refractivity contribution < 1.29 is 33.4 Å². The van der Waals surface area contributed by atoms with Gasteiger partial charge in [-0.1, -0.05) is 19.9 Å². The van der Waals surface area contributed by atoms with Crippen molar-refractivity contribution in [2.24, 2.45) is 5.92 Å². The van der Waals surface area contributed by atoms with Crippen LogP contribution in [0.5, 0.6) is 5.88 Å². The molecule has 1 fully saturated rings. The molecule has 4 atom stereocenters. The van der Waals surface area contributed by atoms with E-state index in [4.69, 9.17) is 18.7 Å². The first-order valence-electron chi connectivity index (χ1n) is 14.6. The smallest absolute Gasteiger partial charge is 0.254 e. The first-order chi connectivity index (χ1) is 20.6. The Morgan fingerprint density at radius 3 is 2.53 bits per heavy atom. The van der Waals surface area contributed by atoms with Crippen molar-refractivity contribution in [3.05, 3.63) is 46.9 Å². The Balaban J connectivity index is 1.43. The zero-order chi connectivity index (χ0) is 31.1. The van der Waals surface area contributed by atoms with Gasteiger partial charge in [0.15, 0.2) is 12.1 Å². The van der Waals surface area contributed by atoms with E-state index < -0.39 is 24.4 Å². The van der Waals surface area contributed by atoms with Gasteiger partial charge in [-0.25, -0.2) is 4.98 Å². The molecular formula is C30H41N5O7S. The first-order valence-corrected chi connectivity index (χ1v) is 15.5. The highest BCUT2D eigenvalue weighted by atomic mass is 32.1. The molecule has 1 saturated heterocycles. The lowest BCUT2D eigenvalue weighted by molar-refractivity contribution is -0.153. The maximum absolute atomic E-state index is 13.9. The molecule has 3 aromatic heterocycles. The Morgan fingerprint density at radius 1 is 1.19 bits per heavy atom. The molecule has 0 saturated carbocycles. The van der Waals surface area contributed by atoms with Gasteiger partial charge < -0.3 is 34.1 Å². The summed E-state index contributed by atoms with van der Waals surface area (Å²) in [6, 6.07) is 4.20. The average Bonchev–Trinajstić information content (AvgIpc) is 3.72. The van der Waals surface area contributed by atoms with Crippen LogP contribution >= 0.6 is 11.3 Å². The number of aliphatic hydroxyl groups is 1. The van der Waals surface area contributed by atoms with E-state index in [1.807, 2.05) is 53.7 Å². The van der Waals surface area contributed by atoms with Gasteiger partial charge in [0, 0.05) is 38.4 Å². The van der Waals surface area contributed by atoms with Crippen LogP contribution in [0.1, 0.15) is 70.0 Å². The van der Waals surface area contributed by atoms with Crippen LogP contribution < -0.4 is 10.1 Å². The van der Waals surface area contributed by atoms with Gasteiger partial charge in [0.2, 0.25) is 11.8 Å². The van der Waals surface area contributed by atoms with Crippen molar-refractivity contribution in [1.82, 2.24) is 25.3 Å². The Labute approximate surface area is 255 Å². The lowest BCUT2D eigenvalue weighted by atomic mass is 9.91. The van der Waals surface area contributed by atoms with Crippen LogP contribution in [0, 0.1) is 12.8 Å². The number of thiazole rings is 1. The summed E-state index contributed by atoms with van der Waals surface area (Å²) in [5.74, 6) is -1.07. The summed E-state index contributed by atoms with van der Waals surface area (Å²) in [5, 5.41) is 17.5. The molecule has 0 spiro atoms. The highest BCUT2D eigenvalue weighted by molar-refractivity contribution is 7.13. The van der Waals surface area contributed by atoms with Crippen LogP contribution in [0.4, 0.5) is 0 Å². The van der Waals surface area contributed by atoms with Gasteiger partial charge in [0.25, 0.3) is 5.88 Å². The maximum Gasteiger partial charge on any atom is 0.254 e. The Kier molecular flexibility index (Phi) is 11.2. The Morgan fingerprint density at radius 2 is 1.93 bits per heavy atom. The molecule has 2 unspecified atom stereocenters. The number of rotatable bonds is 14. The van der Waals surface area contributed by atoms with E-state index in [1.54, 1.807) is 17.8 Å². The molecule has 4 heterocycles. The zero-order valence-corrected chi connectivity index (χ0v) is 26.3. The van der Waals surface area contributed by atoms with Gasteiger partial charge >= 0.3 is 0 Å². The van der Waals surface area contributed by atoms with Crippen LogP contribution in [0.25, 0.3) is 10.6 Å². The summed E-state index contributed by atoms with van der Waals surface area (Å²) >= 11 is 1.53.